The number of carbonyl (C=O) groups is 1. The number of fused-ring (bicyclic) bond motifs is 2. The first-order chi connectivity index (χ1) is 15.9. The molecule has 1 fully saturated rings. The summed E-state index contributed by atoms with van der Waals surface area (Å²) in [5.74, 6) is 0.0890. The standard InChI is InChI=1S/C25H25NO6S/c1-2-3-12-31-18-8-6-7-16(14-18)22-21-23(27)19-9-4-5-10-20(19)32-24(21)25(28)26(22)17-11-13-33(29,30)15-17/h4-10,14,17,22H,2-3,11-13,15H2,1H3/t17-,22-/m0/s1. The van der Waals surface area contributed by atoms with Crippen molar-refractivity contribution in [1.29, 1.82) is 0 Å². The van der Waals surface area contributed by atoms with Gasteiger partial charge in [-0.3, -0.25) is 9.59 Å². The smallest absolute Gasteiger partial charge is 0.291 e. The molecule has 0 unspecified atom stereocenters. The molecule has 2 atom stereocenters. The summed E-state index contributed by atoms with van der Waals surface area (Å²) >= 11 is 0. The van der Waals surface area contributed by atoms with Gasteiger partial charge in [0.25, 0.3) is 5.91 Å². The first kappa shape index (κ1) is 21.7. The highest BCUT2D eigenvalue weighted by molar-refractivity contribution is 7.91. The number of amides is 1. The molecule has 33 heavy (non-hydrogen) atoms. The summed E-state index contributed by atoms with van der Waals surface area (Å²) in [4.78, 5) is 28.6. The van der Waals surface area contributed by atoms with Crippen LogP contribution < -0.4 is 10.2 Å². The third-order valence-electron chi connectivity index (χ3n) is 6.36. The van der Waals surface area contributed by atoms with Crippen molar-refractivity contribution in [3.63, 3.8) is 0 Å². The zero-order valence-electron chi connectivity index (χ0n) is 18.3. The molecule has 5 rings (SSSR count). The van der Waals surface area contributed by atoms with Gasteiger partial charge in [-0.05, 0) is 42.7 Å². The molecule has 0 spiro atoms. The fourth-order valence-electron chi connectivity index (χ4n) is 4.74. The van der Waals surface area contributed by atoms with Crippen LogP contribution in [-0.2, 0) is 9.84 Å². The molecule has 0 bridgehead atoms. The fourth-order valence-corrected chi connectivity index (χ4v) is 6.46. The Kier molecular flexibility index (Phi) is 5.48. The van der Waals surface area contributed by atoms with Crippen molar-refractivity contribution >= 4 is 26.7 Å². The normalized spacial score (nSPS) is 21.5. The maximum atomic E-state index is 13.5. The van der Waals surface area contributed by atoms with E-state index in [9.17, 15) is 18.0 Å². The predicted molar refractivity (Wildman–Crippen MR) is 124 cm³/mol. The van der Waals surface area contributed by atoms with Gasteiger partial charge in [0.05, 0.1) is 35.1 Å². The number of rotatable bonds is 6. The molecule has 2 aliphatic heterocycles. The Bertz CT molecular complexity index is 1390. The monoisotopic (exact) mass is 467 g/mol. The number of unbranched alkanes of at least 4 members (excludes halogenated alkanes) is 1. The lowest BCUT2D eigenvalue weighted by Gasteiger charge is -2.30. The highest BCUT2D eigenvalue weighted by Gasteiger charge is 2.48. The van der Waals surface area contributed by atoms with E-state index in [0.29, 0.717) is 35.3 Å². The molecular weight excluding hydrogens is 442 g/mol. The van der Waals surface area contributed by atoms with Gasteiger partial charge >= 0.3 is 0 Å². The van der Waals surface area contributed by atoms with Gasteiger partial charge in [0.15, 0.2) is 15.3 Å². The Labute approximate surface area is 191 Å². The molecule has 2 aromatic carbocycles. The summed E-state index contributed by atoms with van der Waals surface area (Å²) in [6.45, 7) is 2.65. The van der Waals surface area contributed by atoms with Crippen molar-refractivity contribution in [2.45, 2.75) is 38.3 Å². The minimum atomic E-state index is -3.25. The van der Waals surface area contributed by atoms with Gasteiger partial charge < -0.3 is 14.1 Å². The summed E-state index contributed by atoms with van der Waals surface area (Å²) in [5, 5.41) is 0.394. The molecule has 3 aromatic rings. The van der Waals surface area contributed by atoms with Crippen molar-refractivity contribution in [2.75, 3.05) is 18.1 Å². The number of sulfone groups is 1. The molecule has 1 amide bonds. The predicted octanol–water partition coefficient (Wildman–Crippen LogP) is 3.70. The average molecular weight is 468 g/mol. The highest BCUT2D eigenvalue weighted by Crippen LogP contribution is 2.42. The van der Waals surface area contributed by atoms with E-state index in [4.69, 9.17) is 9.15 Å². The first-order valence-electron chi connectivity index (χ1n) is 11.2. The Balaban J connectivity index is 1.66. The highest BCUT2D eigenvalue weighted by atomic mass is 32.2. The molecule has 172 valence electrons. The van der Waals surface area contributed by atoms with E-state index in [0.717, 1.165) is 12.8 Å². The minimum Gasteiger partial charge on any atom is -0.494 e. The van der Waals surface area contributed by atoms with Crippen molar-refractivity contribution in [3.8, 4) is 5.75 Å². The van der Waals surface area contributed by atoms with E-state index >= 15 is 0 Å². The van der Waals surface area contributed by atoms with Gasteiger partial charge in [-0.2, -0.15) is 0 Å². The quantitative estimate of drug-likeness (QED) is 0.513. The third-order valence-corrected chi connectivity index (χ3v) is 8.11. The average Bonchev–Trinajstić information content (AvgIpc) is 3.31. The Morgan fingerprint density at radius 2 is 1.94 bits per heavy atom. The number of hydrogen-bond donors (Lipinski definition) is 0. The maximum Gasteiger partial charge on any atom is 0.291 e. The van der Waals surface area contributed by atoms with E-state index in [2.05, 4.69) is 6.92 Å². The zero-order chi connectivity index (χ0) is 23.2. The first-order valence-corrected chi connectivity index (χ1v) is 13.0. The number of ether oxygens (including phenoxy) is 1. The van der Waals surface area contributed by atoms with Crippen LogP contribution in [0, 0.1) is 0 Å². The minimum absolute atomic E-state index is 0.00898. The van der Waals surface area contributed by atoms with Gasteiger partial charge in [-0.25, -0.2) is 8.42 Å². The van der Waals surface area contributed by atoms with E-state index in [1.165, 1.54) is 4.90 Å². The van der Waals surface area contributed by atoms with Crippen LogP contribution in [0.25, 0.3) is 11.0 Å². The molecule has 7 nitrogen and oxygen atoms in total. The molecule has 2 aliphatic rings. The molecule has 0 radical (unpaired) electrons. The van der Waals surface area contributed by atoms with E-state index < -0.39 is 27.8 Å². The molecule has 8 heteroatoms. The second-order valence-electron chi connectivity index (χ2n) is 8.62. The van der Waals surface area contributed by atoms with Gasteiger partial charge in [0.1, 0.15) is 11.3 Å². The van der Waals surface area contributed by atoms with Crippen molar-refractivity contribution in [1.82, 2.24) is 4.90 Å². The largest absolute Gasteiger partial charge is 0.494 e. The van der Waals surface area contributed by atoms with Gasteiger partial charge in [-0.15, -0.1) is 0 Å². The zero-order valence-corrected chi connectivity index (χ0v) is 19.1. The van der Waals surface area contributed by atoms with Crippen LogP contribution in [0.4, 0.5) is 0 Å². The second kappa shape index (κ2) is 8.33. The van der Waals surface area contributed by atoms with Crippen molar-refractivity contribution < 1.29 is 22.4 Å². The number of para-hydroxylation sites is 1. The van der Waals surface area contributed by atoms with Crippen LogP contribution >= 0.6 is 0 Å². The number of nitrogens with zero attached hydrogens (tertiary/aromatic N) is 1. The molecule has 3 heterocycles. The molecule has 1 aromatic heterocycles. The summed E-state index contributed by atoms with van der Waals surface area (Å²) < 4.78 is 36.3. The third kappa shape index (κ3) is 3.82. The van der Waals surface area contributed by atoms with Crippen LogP contribution in [0.2, 0.25) is 0 Å². The lowest BCUT2D eigenvalue weighted by molar-refractivity contribution is 0.0662. The van der Waals surface area contributed by atoms with Gasteiger partial charge in [0, 0.05) is 6.04 Å². The lowest BCUT2D eigenvalue weighted by atomic mass is 9.97. The van der Waals surface area contributed by atoms with Crippen molar-refractivity contribution in [2.24, 2.45) is 0 Å². The molecule has 0 saturated carbocycles. The second-order valence-corrected chi connectivity index (χ2v) is 10.8. The van der Waals surface area contributed by atoms with E-state index in [-0.39, 0.29) is 28.3 Å². The Morgan fingerprint density at radius 1 is 1.12 bits per heavy atom. The van der Waals surface area contributed by atoms with Crippen molar-refractivity contribution in [3.05, 3.63) is 75.6 Å². The number of carbonyl (C=O) groups excluding carboxylic acids is 1. The Hall–Kier alpha value is -3.13. The molecule has 0 aliphatic carbocycles. The van der Waals surface area contributed by atoms with Gasteiger partial charge in [0.2, 0.25) is 5.76 Å². The fraction of sp³-hybridized carbons (Fsp3) is 0.360. The Morgan fingerprint density at radius 3 is 2.70 bits per heavy atom. The topological polar surface area (TPSA) is 93.9 Å². The maximum absolute atomic E-state index is 13.5. The van der Waals surface area contributed by atoms with Crippen LogP contribution in [-0.4, -0.2) is 43.4 Å². The summed E-state index contributed by atoms with van der Waals surface area (Å²) in [6.07, 6.45) is 2.25. The van der Waals surface area contributed by atoms with Crippen LogP contribution in [0.15, 0.2) is 57.7 Å². The van der Waals surface area contributed by atoms with Crippen LogP contribution in [0.1, 0.15) is 53.9 Å². The lowest BCUT2D eigenvalue weighted by Crippen LogP contribution is -2.40. The summed E-state index contributed by atoms with van der Waals surface area (Å²) in [6, 6.07) is 12.9. The SMILES string of the molecule is CCCCOc1cccc([C@H]2c3c(oc4ccccc4c3=O)C(=O)N2[C@H]2CCS(=O)(=O)C2)c1. The van der Waals surface area contributed by atoms with E-state index in [1.807, 2.05) is 24.3 Å². The summed E-state index contributed by atoms with van der Waals surface area (Å²) in [5.41, 5.74) is 1.02. The molecule has 0 N–H and O–H groups in total. The molecular formula is C25H25NO6S. The summed E-state index contributed by atoms with van der Waals surface area (Å²) in [7, 11) is -3.25. The molecule has 1 saturated heterocycles. The number of benzene rings is 2. The number of hydrogen-bond acceptors (Lipinski definition) is 6. The van der Waals surface area contributed by atoms with Crippen LogP contribution in [0.3, 0.4) is 0 Å². The van der Waals surface area contributed by atoms with E-state index in [1.54, 1.807) is 24.3 Å². The van der Waals surface area contributed by atoms with Crippen LogP contribution in [0.5, 0.6) is 5.75 Å². The van der Waals surface area contributed by atoms with Gasteiger partial charge in [-0.1, -0.05) is 37.6 Å².